The van der Waals surface area contributed by atoms with Crippen molar-refractivity contribution in [2.75, 3.05) is 30.2 Å². The Hall–Kier alpha value is -2.43. The van der Waals surface area contributed by atoms with Crippen LogP contribution in [0.25, 0.3) is 0 Å². The van der Waals surface area contributed by atoms with Gasteiger partial charge in [-0.3, -0.25) is 0 Å². The van der Waals surface area contributed by atoms with Crippen LogP contribution in [0.15, 0.2) is 41.5 Å². The summed E-state index contributed by atoms with van der Waals surface area (Å²) in [4.78, 5) is 12.4. The highest BCUT2D eigenvalue weighted by atomic mass is 127. The molecule has 2 aromatic carbocycles. The van der Waals surface area contributed by atoms with Crippen LogP contribution in [-0.4, -0.2) is 35.3 Å². The smallest absolute Gasteiger partial charge is 0.416 e. The minimum atomic E-state index is -4.46. The molecule has 168 valence electrons. The van der Waals surface area contributed by atoms with E-state index in [9.17, 15) is 13.2 Å². The van der Waals surface area contributed by atoms with Crippen molar-refractivity contribution in [2.24, 2.45) is 5.10 Å². The van der Waals surface area contributed by atoms with Crippen LogP contribution in [0, 0.1) is 7.14 Å². The first-order valence-electron chi connectivity index (χ1n) is 8.90. The van der Waals surface area contributed by atoms with Gasteiger partial charge in [-0.1, -0.05) is 6.07 Å². The fourth-order valence-electron chi connectivity index (χ4n) is 2.55. The fraction of sp³-hybridized carbons (Fsp3) is 0.158. The summed E-state index contributed by atoms with van der Waals surface area (Å²) in [6.07, 6.45) is -2.89. The van der Waals surface area contributed by atoms with Gasteiger partial charge in [-0.15, -0.1) is 0 Å². The first-order valence-corrected chi connectivity index (χ1v) is 11.1. The lowest BCUT2D eigenvalue weighted by molar-refractivity contribution is -0.137. The summed E-state index contributed by atoms with van der Waals surface area (Å²) in [5, 5.41) is 9.69. The second kappa shape index (κ2) is 10.5. The summed E-state index contributed by atoms with van der Waals surface area (Å²) >= 11 is 4.37. The lowest BCUT2D eigenvalue weighted by Crippen LogP contribution is -2.08. The number of alkyl halides is 3. The molecule has 32 heavy (non-hydrogen) atoms. The van der Waals surface area contributed by atoms with Crippen molar-refractivity contribution in [1.29, 1.82) is 0 Å². The Morgan fingerprint density at radius 3 is 2.44 bits per heavy atom. The molecule has 3 N–H and O–H groups in total. The van der Waals surface area contributed by atoms with Crippen molar-refractivity contribution in [1.82, 2.24) is 15.0 Å². The van der Waals surface area contributed by atoms with E-state index in [-0.39, 0.29) is 23.5 Å². The van der Waals surface area contributed by atoms with Crippen LogP contribution in [0.3, 0.4) is 0 Å². The number of anilines is 4. The number of aromatic nitrogens is 3. The van der Waals surface area contributed by atoms with Crippen LogP contribution < -0.4 is 20.8 Å². The highest BCUT2D eigenvalue weighted by Gasteiger charge is 2.30. The predicted octanol–water partition coefficient (Wildman–Crippen LogP) is 5.34. The van der Waals surface area contributed by atoms with Crippen LogP contribution in [0.4, 0.5) is 36.7 Å². The van der Waals surface area contributed by atoms with Gasteiger partial charge in [0.05, 0.1) is 22.5 Å². The molecule has 0 radical (unpaired) electrons. The molecule has 0 unspecified atom stereocenters. The first-order chi connectivity index (χ1) is 15.2. The molecule has 8 nitrogen and oxygen atoms in total. The summed E-state index contributed by atoms with van der Waals surface area (Å²) in [6.45, 7) is 0. The van der Waals surface area contributed by atoms with Crippen LogP contribution in [0.5, 0.6) is 5.75 Å². The molecule has 1 aromatic heterocycles. The van der Waals surface area contributed by atoms with Crippen molar-refractivity contribution < 1.29 is 17.9 Å². The summed E-state index contributed by atoms with van der Waals surface area (Å²) in [5.41, 5.74) is 2.86. The third-order valence-electron chi connectivity index (χ3n) is 3.91. The number of nitrogens with one attached hydrogen (secondary N) is 3. The molecular weight excluding hydrogens is 653 g/mol. The molecular formula is C19H16F3I2N7O. The Kier molecular flexibility index (Phi) is 7.91. The van der Waals surface area contributed by atoms with Crippen LogP contribution in [0.2, 0.25) is 0 Å². The van der Waals surface area contributed by atoms with Crippen molar-refractivity contribution in [3.05, 3.63) is 54.7 Å². The van der Waals surface area contributed by atoms with Gasteiger partial charge in [-0.25, -0.2) is 5.43 Å². The van der Waals surface area contributed by atoms with Crippen molar-refractivity contribution in [3.8, 4) is 5.75 Å². The predicted molar refractivity (Wildman–Crippen MR) is 134 cm³/mol. The van der Waals surface area contributed by atoms with Gasteiger partial charge in [0, 0.05) is 21.9 Å². The summed E-state index contributed by atoms with van der Waals surface area (Å²) < 4.78 is 46.2. The first kappa shape index (κ1) is 24.2. The summed E-state index contributed by atoms with van der Waals surface area (Å²) in [5.74, 6) is 1.01. The quantitative estimate of drug-likeness (QED) is 0.178. The topological polar surface area (TPSA) is 96.4 Å². The van der Waals surface area contributed by atoms with E-state index in [0.717, 1.165) is 24.8 Å². The molecule has 0 fully saturated rings. The second-order valence-electron chi connectivity index (χ2n) is 6.14. The van der Waals surface area contributed by atoms with E-state index in [1.54, 1.807) is 20.4 Å². The number of hydrogen-bond acceptors (Lipinski definition) is 8. The van der Waals surface area contributed by atoms with Crippen LogP contribution in [-0.2, 0) is 6.18 Å². The van der Waals surface area contributed by atoms with Crippen molar-refractivity contribution in [2.45, 2.75) is 6.18 Å². The lowest BCUT2D eigenvalue weighted by Gasteiger charge is -2.11. The second-order valence-corrected chi connectivity index (χ2v) is 8.55. The van der Waals surface area contributed by atoms with Gasteiger partial charge >= 0.3 is 6.18 Å². The zero-order valence-corrected chi connectivity index (χ0v) is 20.9. The third kappa shape index (κ3) is 6.30. The van der Waals surface area contributed by atoms with E-state index in [1.165, 1.54) is 12.1 Å². The van der Waals surface area contributed by atoms with Gasteiger partial charge in [0.2, 0.25) is 17.8 Å². The molecule has 13 heteroatoms. The minimum absolute atomic E-state index is 0.0442. The maximum Gasteiger partial charge on any atom is 0.416 e. The Morgan fingerprint density at radius 1 is 1.03 bits per heavy atom. The van der Waals surface area contributed by atoms with E-state index in [1.807, 2.05) is 12.1 Å². The maximum atomic E-state index is 13.0. The highest BCUT2D eigenvalue weighted by Crippen LogP contribution is 2.31. The molecule has 0 aliphatic heterocycles. The van der Waals surface area contributed by atoms with Crippen molar-refractivity contribution in [3.63, 3.8) is 0 Å². The largest absolute Gasteiger partial charge is 0.495 e. The van der Waals surface area contributed by atoms with Gasteiger partial charge in [-0.05, 0) is 75.5 Å². The Bertz CT molecular complexity index is 1140. The van der Waals surface area contributed by atoms with E-state index in [4.69, 9.17) is 4.74 Å². The maximum absolute atomic E-state index is 13.0. The molecule has 0 aliphatic carbocycles. The Labute approximate surface area is 208 Å². The fourth-order valence-corrected chi connectivity index (χ4v) is 4.66. The normalized spacial score (nSPS) is 11.5. The van der Waals surface area contributed by atoms with Crippen molar-refractivity contribution >= 4 is 74.9 Å². The average Bonchev–Trinajstić information content (AvgIpc) is 2.73. The number of nitrogens with zero attached hydrogens (tertiary/aromatic N) is 4. The lowest BCUT2D eigenvalue weighted by atomic mass is 10.2. The van der Waals surface area contributed by atoms with E-state index < -0.39 is 11.7 Å². The van der Waals surface area contributed by atoms with Crippen LogP contribution in [0.1, 0.15) is 11.1 Å². The Morgan fingerprint density at radius 2 is 1.75 bits per heavy atom. The van der Waals surface area contributed by atoms with E-state index >= 15 is 0 Å². The van der Waals surface area contributed by atoms with Gasteiger partial charge < -0.3 is 15.4 Å². The number of halogens is 5. The molecule has 0 spiro atoms. The van der Waals surface area contributed by atoms with Crippen LogP contribution >= 0.6 is 45.2 Å². The van der Waals surface area contributed by atoms with Gasteiger partial charge in [0.15, 0.2) is 0 Å². The molecule has 0 aliphatic rings. The molecule has 0 saturated heterocycles. The molecule has 3 rings (SSSR count). The SMILES string of the molecule is CNc1nc(NN=Cc2cc(I)cc(I)c2OC)nc(Nc2cccc(C(F)(F)F)c2)n1. The van der Waals surface area contributed by atoms with Gasteiger partial charge in [0.25, 0.3) is 0 Å². The zero-order valence-electron chi connectivity index (χ0n) is 16.6. The number of ether oxygens (including phenoxy) is 1. The van der Waals surface area contributed by atoms with Gasteiger partial charge in [0.1, 0.15) is 5.75 Å². The Balaban J connectivity index is 1.83. The minimum Gasteiger partial charge on any atom is -0.495 e. The monoisotopic (exact) mass is 669 g/mol. The summed E-state index contributed by atoms with van der Waals surface area (Å²) in [7, 11) is 3.18. The molecule has 0 amide bonds. The number of rotatable bonds is 7. The molecule has 0 bridgehead atoms. The third-order valence-corrected chi connectivity index (χ3v) is 5.34. The molecule has 0 saturated carbocycles. The molecule has 0 atom stereocenters. The number of benzene rings is 2. The van der Waals surface area contributed by atoms with E-state index in [2.05, 4.69) is 81.3 Å². The zero-order chi connectivity index (χ0) is 23.3. The van der Waals surface area contributed by atoms with Gasteiger partial charge in [-0.2, -0.15) is 33.2 Å². The number of methoxy groups -OCH3 is 1. The number of hydrogen-bond donors (Lipinski definition) is 3. The summed E-state index contributed by atoms with van der Waals surface area (Å²) in [6, 6.07) is 8.61. The highest BCUT2D eigenvalue weighted by molar-refractivity contribution is 14.1. The van der Waals surface area contributed by atoms with E-state index in [0.29, 0.717) is 5.75 Å². The molecule has 3 aromatic rings. The standard InChI is InChI=1S/C19H16F3I2N7O/c1-25-16-28-17(27-13-5-3-4-11(7-13)19(20,21)22)30-18(29-16)31-26-9-10-6-12(23)8-14(24)15(10)32-2/h3-9H,1-2H3,(H3,25,27,28,29,30,31). The number of hydrazone groups is 1. The molecule has 1 heterocycles. The average molecular weight is 669 g/mol.